The Morgan fingerprint density at radius 3 is 2.58 bits per heavy atom. The molecule has 7 nitrogen and oxygen atoms in total. The zero-order chi connectivity index (χ0) is 19.2. The van der Waals surface area contributed by atoms with Gasteiger partial charge in [0.25, 0.3) is 0 Å². The number of hydrogen-bond acceptors (Lipinski definition) is 5. The van der Waals surface area contributed by atoms with Crippen molar-refractivity contribution >= 4 is 16.0 Å². The van der Waals surface area contributed by atoms with Crippen LogP contribution in [0.2, 0.25) is 0 Å². The van der Waals surface area contributed by atoms with E-state index in [4.69, 9.17) is 9.84 Å². The lowest BCUT2D eigenvalue weighted by molar-refractivity contribution is -0.138. The van der Waals surface area contributed by atoms with Crippen molar-refractivity contribution in [3.63, 3.8) is 0 Å². The van der Waals surface area contributed by atoms with Crippen LogP contribution in [0.15, 0.2) is 29.2 Å². The molecule has 0 saturated carbocycles. The quantitative estimate of drug-likeness (QED) is 0.730. The Balaban J connectivity index is 2.03. The van der Waals surface area contributed by atoms with Gasteiger partial charge in [-0.1, -0.05) is 12.1 Å². The molecule has 1 unspecified atom stereocenters. The molecule has 1 atom stereocenters. The fraction of sp³-hybridized carbons (Fsp3) is 0.611. The van der Waals surface area contributed by atoms with E-state index in [0.29, 0.717) is 31.0 Å². The van der Waals surface area contributed by atoms with Crippen molar-refractivity contribution < 1.29 is 23.1 Å². The Kier molecular flexibility index (Phi) is 7.57. The molecule has 0 bridgehead atoms. The van der Waals surface area contributed by atoms with Gasteiger partial charge in [0.2, 0.25) is 10.0 Å². The lowest BCUT2D eigenvalue weighted by Crippen LogP contribution is -2.37. The van der Waals surface area contributed by atoms with Gasteiger partial charge in [0.1, 0.15) is 0 Å². The zero-order valence-electron chi connectivity index (χ0n) is 15.4. The van der Waals surface area contributed by atoms with Crippen LogP contribution in [-0.2, 0) is 26.0 Å². The predicted molar refractivity (Wildman–Crippen MR) is 98.7 cm³/mol. The Labute approximate surface area is 155 Å². The molecular formula is C18H28N2O5S. The van der Waals surface area contributed by atoms with Crippen LogP contribution in [0.4, 0.5) is 0 Å². The molecule has 2 rings (SSSR count). The first-order valence-corrected chi connectivity index (χ1v) is 10.3. The largest absolute Gasteiger partial charge is 0.480 e. The minimum Gasteiger partial charge on any atom is -0.480 e. The van der Waals surface area contributed by atoms with Crippen LogP contribution in [0.5, 0.6) is 0 Å². The summed E-state index contributed by atoms with van der Waals surface area (Å²) in [6, 6.07) is 7.04. The van der Waals surface area contributed by atoms with Crippen molar-refractivity contribution in [2.24, 2.45) is 0 Å². The van der Waals surface area contributed by atoms with Crippen molar-refractivity contribution in [1.82, 2.24) is 9.21 Å². The molecule has 1 heterocycles. The summed E-state index contributed by atoms with van der Waals surface area (Å²) in [5.74, 6) is -0.866. The van der Waals surface area contributed by atoms with Crippen LogP contribution in [-0.4, -0.2) is 75.1 Å². The molecule has 1 N–H and O–H groups in total. The van der Waals surface area contributed by atoms with Crippen LogP contribution in [0.25, 0.3) is 0 Å². The topological polar surface area (TPSA) is 87.2 Å². The smallest absolute Gasteiger partial charge is 0.317 e. The third-order valence-corrected chi connectivity index (χ3v) is 6.73. The van der Waals surface area contributed by atoms with E-state index < -0.39 is 16.0 Å². The highest BCUT2D eigenvalue weighted by Crippen LogP contribution is 2.22. The standard InChI is InChI=1S/C18H28N2O5S/c1-19(14-18(21)22)16-4-3-11-20(12-9-16)26(23,24)17-7-5-15(6-8-17)10-13-25-2/h5-8,16H,3-4,9-14H2,1-2H3,(H,21,22). The maximum absolute atomic E-state index is 12.9. The highest BCUT2D eigenvalue weighted by Gasteiger charge is 2.29. The van der Waals surface area contributed by atoms with E-state index in [1.54, 1.807) is 31.2 Å². The number of ether oxygens (including phenoxy) is 1. The Hall–Kier alpha value is -1.48. The van der Waals surface area contributed by atoms with Gasteiger partial charge in [0.05, 0.1) is 18.0 Å². The second-order valence-electron chi connectivity index (χ2n) is 6.68. The van der Waals surface area contributed by atoms with Crippen molar-refractivity contribution in [3.05, 3.63) is 29.8 Å². The fourth-order valence-corrected chi connectivity index (χ4v) is 4.77. The van der Waals surface area contributed by atoms with E-state index in [1.807, 2.05) is 12.1 Å². The first kappa shape index (κ1) is 20.8. The monoisotopic (exact) mass is 384 g/mol. The molecule has 1 saturated heterocycles. The van der Waals surface area contributed by atoms with Gasteiger partial charge < -0.3 is 9.84 Å². The summed E-state index contributed by atoms with van der Waals surface area (Å²) < 4.78 is 32.4. The van der Waals surface area contributed by atoms with Gasteiger partial charge in [-0.15, -0.1) is 0 Å². The number of rotatable bonds is 8. The van der Waals surface area contributed by atoms with Crippen molar-refractivity contribution in [3.8, 4) is 0 Å². The maximum Gasteiger partial charge on any atom is 0.317 e. The second kappa shape index (κ2) is 9.45. The van der Waals surface area contributed by atoms with Crippen LogP contribution >= 0.6 is 0 Å². The van der Waals surface area contributed by atoms with Gasteiger partial charge in [-0.05, 0) is 50.4 Å². The number of nitrogens with zero attached hydrogens (tertiary/aromatic N) is 2. The number of carboxylic acid groups (broad SMARTS) is 1. The molecule has 0 amide bonds. The van der Waals surface area contributed by atoms with Crippen LogP contribution in [0.1, 0.15) is 24.8 Å². The Morgan fingerprint density at radius 2 is 1.96 bits per heavy atom. The minimum absolute atomic E-state index is 0.0274. The number of methoxy groups -OCH3 is 1. The Morgan fingerprint density at radius 1 is 1.27 bits per heavy atom. The van der Waals surface area contributed by atoms with Gasteiger partial charge in [-0.25, -0.2) is 8.42 Å². The summed E-state index contributed by atoms with van der Waals surface area (Å²) in [6.07, 6.45) is 2.90. The third kappa shape index (κ3) is 5.51. The molecule has 1 aliphatic rings. The van der Waals surface area contributed by atoms with E-state index >= 15 is 0 Å². The molecule has 26 heavy (non-hydrogen) atoms. The highest BCUT2D eigenvalue weighted by atomic mass is 32.2. The molecule has 1 aromatic carbocycles. The molecule has 1 fully saturated rings. The van der Waals surface area contributed by atoms with Crippen molar-refractivity contribution in [1.29, 1.82) is 0 Å². The number of carboxylic acids is 1. The number of hydrogen-bond donors (Lipinski definition) is 1. The number of likely N-dealkylation sites (N-methyl/N-ethyl adjacent to an activating group) is 1. The van der Waals surface area contributed by atoms with E-state index in [0.717, 1.165) is 24.8 Å². The summed E-state index contributed by atoms with van der Waals surface area (Å²) in [5.41, 5.74) is 1.04. The lowest BCUT2D eigenvalue weighted by Gasteiger charge is -2.25. The molecule has 0 aromatic heterocycles. The van der Waals surface area contributed by atoms with Gasteiger partial charge in [0, 0.05) is 26.2 Å². The van der Waals surface area contributed by atoms with Crippen LogP contribution < -0.4 is 0 Å². The molecular weight excluding hydrogens is 356 g/mol. The number of benzene rings is 1. The molecule has 0 aliphatic carbocycles. The van der Waals surface area contributed by atoms with E-state index in [-0.39, 0.29) is 12.6 Å². The average Bonchev–Trinajstić information content (AvgIpc) is 2.86. The number of aliphatic carboxylic acids is 1. The summed E-state index contributed by atoms with van der Waals surface area (Å²) in [4.78, 5) is 13.0. The fourth-order valence-electron chi connectivity index (χ4n) is 3.27. The van der Waals surface area contributed by atoms with Crippen molar-refractivity contribution in [2.45, 2.75) is 36.6 Å². The average molecular weight is 384 g/mol. The van der Waals surface area contributed by atoms with Gasteiger partial charge in [-0.3, -0.25) is 9.69 Å². The molecule has 1 aliphatic heterocycles. The van der Waals surface area contributed by atoms with Gasteiger partial charge in [-0.2, -0.15) is 4.31 Å². The first-order valence-electron chi connectivity index (χ1n) is 8.84. The van der Waals surface area contributed by atoms with E-state index in [1.165, 1.54) is 4.31 Å². The maximum atomic E-state index is 12.9. The summed E-state index contributed by atoms with van der Waals surface area (Å²) >= 11 is 0. The minimum atomic E-state index is -3.53. The highest BCUT2D eigenvalue weighted by molar-refractivity contribution is 7.89. The van der Waals surface area contributed by atoms with Crippen LogP contribution in [0, 0.1) is 0 Å². The van der Waals surface area contributed by atoms with E-state index in [9.17, 15) is 13.2 Å². The lowest BCUT2D eigenvalue weighted by atomic mass is 10.1. The van der Waals surface area contributed by atoms with Gasteiger partial charge in [0.15, 0.2) is 0 Å². The molecule has 146 valence electrons. The molecule has 1 aromatic rings. The second-order valence-corrected chi connectivity index (χ2v) is 8.62. The first-order chi connectivity index (χ1) is 12.3. The van der Waals surface area contributed by atoms with Gasteiger partial charge >= 0.3 is 5.97 Å². The zero-order valence-corrected chi connectivity index (χ0v) is 16.2. The Bertz CT molecular complexity index is 690. The molecule has 0 radical (unpaired) electrons. The van der Waals surface area contributed by atoms with E-state index in [2.05, 4.69) is 0 Å². The summed E-state index contributed by atoms with van der Waals surface area (Å²) in [6.45, 7) is 1.44. The normalized spacial score (nSPS) is 19.4. The summed E-state index contributed by atoms with van der Waals surface area (Å²) in [7, 11) is -0.110. The van der Waals surface area contributed by atoms with Crippen molar-refractivity contribution in [2.75, 3.05) is 40.4 Å². The molecule has 0 spiro atoms. The molecule has 8 heteroatoms. The number of carbonyl (C=O) groups is 1. The van der Waals surface area contributed by atoms with Crippen LogP contribution in [0.3, 0.4) is 0 Å². The SMILES string of the molecule is COCCc1ccc(S(=O)(=O)N2CCCC(N(C)CC(=O)O)CC2)cc1. The third-order valence-electron chi connectivity index (χ3n) is 4.82. The number of sulfonamides is 1. The predicted octanol–water partition coefficient (Wildman–Crippen LogP) is 1.44. The summed E-state index contributed by atoms with van der Waals surface area (Å²) in [5, 5.41) is 8.94.